The molecule has 0 spiro atoms. The van der Waals surface area contributed by atoms with Crippen LogP contribution in [0.15, 0.2) is 24.3 Å². The maximum absolute atomic E-state index is 11.9. The molecule has 0 heterocycles. The van der Waals surface area contributed by atoms with Crippen LogP contribution in [-0.4, -0.2) is 31.2 Å². The number of carbonyl (C=O) groups is 1. The van der Waals surface area contributed by atoms with Crippen LogP contribution in [0.4, 0.5) is 5.69 Å². The van der Waals surface area contributed by atoms with Gasteiger partial charge in [0, 0.05) is 25.4 Å². The number of nitrogens with two attached hydrogens (primary N) is 1. The van der Waals surface area contributed by atoms with Crippen molar-refractivity contribution < 1.29 is 9.53 Å². The Hall–Kier alpha value is -1.46. The lowest BCUT2D eigenvalue weighted by molar-refractivity contribution is -0.127. The lowest BCUT2D eigenvalue weighted by Gasteiger charge is -2.21. The molecule has 0 saturated carbocycles. The number of hydrogen-bond donors (Lipinski definition) is 1. The Morgan fingerprint density at radius 3 is 2.71 bits per heavy atom. The number of ether oxygens (including phenoxy) is 1. The monoisotopic (exact) mass is 252 g/mol. The fourth-order valence-corrected chi connectivity index (χ4v) is 1.50. The third-order valence-electron chi connectivity index (χ3n) is 2.55. The predicted molar refractivity (Wildman–Crippen MR) is 72.2 cm³/mol. The van der Waals surface area contributed by atoms with Crippen molar-refractivity contribution in [3.63, 3.8) is 0 Å². The average Bonchev–Trinajstić information content (AvgIpc) is 2.36. The van der Waals surface area contributed by atoms with Crippen LogP contribution in [0.2, 0.25) is 0 Å². The molecule has 0 aliphatic rings. The summed E-state index contributed by atoms with van der Waals surface area (Å²) in [5, 5.41) is 0. The van der Waals surface area contributed by atoms with Crippen LogP contribution >= 0.6 is 12.2 Å². The topological polar surface area (TPSA) is 55.6 Å². The molecule has 0 fully saturated rings. The fraction of sp³-hybridized carbons (Fsp3) is 0.333. The zero-order valence-electron chi connectivity index (χ0n) is 10.1. The fourth-order valence-electron chi connectivity index (χ4n) is 1.37. The Labute approximate surface area is 106 Å². The number of likely N-dealkylation sites (N-methyl/N-ethyl adjacent to an activating group) is 1. The van der Waals surface area contributed by atoms with E-state index in [4.69, 9.17) is 22.7 Å². The van der Waals surface area contributed by atoms with Gasteiger partial charge in [0.2, 0.25) is 0 Å². The number of nitrogens with zero attached hydrogens (tertiary/aromatic N) is 1. The SMILES string of the molecule is COC(C)C(=O)N(C)c1cccc(C(N)=S)c1. The molecule has 4 nitrogen and oxygen atoms in total. The third-order valence-corrected chi connectivity index (χ3v) is 2.79. The van der Waals surface area contributed by atoms with Crippen molar-refractivity contribution in [2.75, 3.05) is 19.1 Å². The summed E-state index contributed by atoms with van der Waals surface area (Å²) in [5.41, 5.74) is 7.03. The summed E-state index contributed by atoms with van der Waals surface area (Å²) in [6.07, 6.45) is -0.478. The van der Waals surface area contributed by atoms with E-state index in [0.29, 0.717) is 4.99 Å². The van der Waals surface area contributed by atoms with Gasteiger partial charge in [0.25, 0.3) is 5.91 Å². The van der Waals surface area contributed by atoms with E-state index in [9.17, 15) is 4.79 Å². The van der Waals surface area contributed by atoms with Gasteiger partial charge in [-0.1, -0.05) is 24.4 Å². The number of benzene rings is 1. The zero-order chi connectivity index (χ0) is 13.0. The first-order chi connectivity index (χ1) is 7.97. The number of hydrogen-bond acceptors (Lipinski definition) is 3. The van der Waals surface area contributed by atoms with Crippen molar-refractivity contribution in [1.29, 1.82) is 0 Å². The van der Waals surface area contributed by atoms with E-state index >= 15 is 0 Å². The molecule has 1 amide bonds. The zero-order valence-corrected chi connectivity index (χ0v) is 11.0. The van der Waals surface area contributed by atoms with Crippen LogP contribution in [0.1, 0.15) is 12.5 Å². The van der Waals surface area contributed by atoms with E-state index in [0.717, 1.165) is 11.3 Å². The number of rotatable bonds is 4. The van der Waals surface area contributed by atoms with Gasteiger partial charge >= 0.3 is 0 Å². The molecule has 1 aromatic carbocycles. The van der Waals surface area contributed by atoms with E-state index in [1.165, 1.54) is 12.0 Å². The van der Waals surface area contributed by atoms with E-state index in [1.807, 2.05) is 18.2 Å². The molecule has 0 radical (unpaired) electrons. The summed E-state index contributed by atoms with van der Waals surface area (Å²) in [7, 11) is 3.19. The molecule has 0 saturated heterocycles. The van der Waals surface area contributed by atoms with Crippen molar-refractivity contribution >= 4 is 28.8 Å². The highest BCUT2D eigenvalue weighted by atomic mass is 32.1. The number of anilines is 1. The number of amides is 1. The Morgan fingerprint density at radius 2 is 2.18 bits per heavy atom. The number of carbonyl (C=O) groups excluding carboxylic acids is 1. The third kappa shape index (κ3) is 3.25. The van der Waals surface area contributed by atoms with Crippen LogP contribution in [0.5, 0.6) is 0 Å². The second-order valence-electron chi connectivity index (χ2n) is 3.69. The first-order valence-corrected chi connectivity index (χ1v) is 5.58. The smallest absolute Gasteiger partial charge is 0.255 e. The molecule has 1 aromatic rings. The van der Waals surface area contributed by atoms with Crippen molar-refractivity contribution in [3.8, 4) is 0 Å². The lowest BCUT2D eigenvalue weighted by Crippen LogP contribution is -2.35. The Balaban J connectivity index is 2.96. The lowest BCUT2D eigenvalue weighted by atomic mass is 10.2. The summed E-state index contributed by atoms with van der Waals surface area (Å²) in [6.45, 7) is 1.70. The van der Waals surface area contributed by atoms with Gasteiger partial charge in [0.1, 0.15) is 11.1 Å². The van der Waals surface area contributed by atoms with Gasteiger partial charge in [-0.2, -0.15) is 0 Å². The quantitative estimate of drug-likeness (QED) is 0.821. The van der Waals surface area contributed by atoms with Gasteiger partial charge in [-0.25, -0.2) is 0 Å². The van der Waals surface area contributed by atoms with Gasteiger partial charge in [-0.15, -0.1) is 0 Å². The van der Waals surface area contributed by atoms with Gasteiger partial charge in [0.15, 0.2) is 0 Å². The Kier molecular flexibility index (Phi) is 4.60. The highest BCUT2D eigenvalue weighted by Gasteiger charge is 2.18. The average molecular weight is 252 g/mol. The standard InChI is InChI=1S/C12H16N2O2S/c1-8(16-3)12(15)14(2)10-6-4-5-9(7-10)11(13)17/h4-8H,1-3H3,(H2,13,17). The molecular weight excluding hydrogens is 236 g/mol. The van der Waals surface area contributed by atoms with Crippen LogP contribution in [-0.2, 0) is 9.53 Å². The molecule has 0 bridgehead atoms. The second-order valence-corrected chi connectivity index (χ2v) is 4.13. The molecule has 1 rings (SSSR count). The molecule has 1 unspecified atom stereocenters. The van der Waals surface area contributed by atoms with Gasteiger partial charge in [-0.05, 0) is 19.1 Å². The minimum Gasteiger partial charge on any atom is -0.389 e. The molecule has 1 atom stereocenters. The first-order valence-electron chi connectivity index (χ1n) is 5.17. The van der Waals surface area contributed by atoms with Crippen molar-refractivity contribution in [2.24, 2.45) is 5.73 Å². The molecule has 0 aliphatic carbocycles. The van der Waals surface area contributed by atoms with E-state index in [1.54, 1.807) is 20.0 Å². The summed E-state index contributed by atoms with van der Waals surface area (Å²) in [6, 6.07) is 7.22. The number of methoxy groups -OCH3 is 1. The predicted octanol–water partition coefficient (Wildman–Crippen LogP) is 1.32. The highest BCUT2D eigenvalue weighted by molar-refractivity contribution is 7.80. The van der Waals surface area contributed by atoms with E-state index < -0.39 is 6.10 Å². The molecule has 5 heteroatoms. The summed E-state index contributed by atoms with van der Waals surface area (Å²) < 4.78 is 4.99. The first kappa shape index (κ1) is 13.6. The van der Waals surface area contributed by atoms with Crippen molar-refractivity contribution in [2.45, 2.75) is 13.0 Å². The minimum atomic E-state index is -0.478. The van der Waals surface area contributed by atoms with Crippen molar-refractivity contribution in [3.05, 3.63) is 29.8 Å². The largest absolute Gasteiger partial charge is 0.389 e. The maximum atomic E-state index is 11.9. The van der Waals surface area contributed by atoms with Crippen LogP contribution in [0.3, 0.4) is 0 Å². The molecule has 2 N–H and O–H groups in total. The second kappa shape index (κ2) is 5.75. The molecule has 0 aromatic heterocycles. The van der Waals surface area contributed by atoms with Gasteiger partial charge in [0.05, 0.1) is 0 Å². The summed E-state index contributed by atoms with van der Waals surface area (Å²) in [5.74, 6) is -0.118. The summed E-state index contributed by atoms with van der Waals surface area (Å²) in [4.78, 5) is 13.7. The van der Waals surface area contributed by atoms with Crippen LogP contribution in [0.25, 0.3) is 0 Å². The van der Waals surface area contributed by atoms with Crippen molar-refractivity contribution in [1.82, 2.24) is 0 Å². The normalized spacial score (nSPS) is 11.9. The number of thiocarbonyl (C=S) groups is 1. The van der Waals surface area contributed by atoms with E-state index in [-0.39, 0.29) is 5.91 Å². The van der Waals surface area contributed by atoms with Crippen LogP contribution < -0.4 is 10.6 Å². The highest BCUT2D eigenvalue weighted by Crippen LogP contribution is 2.16. The molecule has 0 aliphatic heterocycles. The van der Waals surface area contributed by atoms with Gasteiger partial charge < -0.3 is 15.4 Å². The molecule has 17 heavy (non-hydrogen) atoms. The summed E-state index contributed by atoms with van der Waals surface area (Å²) >= 11 is 4.90. The Bertz CT molecular complexity index is 434. The van der Waals surface area contributed by atoms with E-state index in [2.05, 4.69) is 0 Å². The van der Waals surface area contributed by atoms with Crippen LogP contribution in [0, 0.1) is 0 Å². The molecular formula is C12H16N2O2S. The Morgan fingerprint density at radius 1 is 1.53 bits per heavy atom. The van der Waals surface area contributed by atoms with Gasteiger partial charge in [-0.3, -0.25) is 4.79 Å². The minimum absolute atomic E-state index is 0.118. The molecule has 92 valence electrons. The maximum Gasteiger partial charge on any atom is 0.255 e.